The van der Waals surface area contributed by atoms with Gasteiger partial charge in [0, 0.05) is 50.7 Å². The van der Waals surface area contributed by atoms with Gasteiger partial charge in [-0.2, -0.15) is 0 Å². The van der Waals surface area contributed by atoms with E-state index in [-0.39, 0.29) is 43.5 Å². The van der Waals surface area contributed by atoms with Gasteiger partial charge in [0.15, 0.2) is 0 Å². The number of aromatic amines is 1. The number of likely N-dealkylation sites (tertiary alicyclic amines) is 1. The lowest BCUT2D eigenvalue weighted by Gasteiger charge is -2.13. The summed E-state index contributed by atoms with van der Waals surface area (Å²) in [4.78, 5) is 42.2. The van der Waals surface area contributed by atoms with Gasteiger partial charge < -0.3 is 10.3 Å². The van der Waals surface area contributed by atoms with E-state index in [2.05, 4.69) is 15.3 Å². The van der Waals surface area contributed by atoms with Gasteiger partial charge >= 0.3 is 0 Å². The molecule has 0 aromatic carbocycles. The molecule has 7 heteroatoms. The average Bonchev–Trinajstić information content (AvgIpc) is 2.99. The van der Waals surface area contributed by atoms with Gasteiger partial charge in [-0.15, -0.1) is 0 Å². The van der Waals surface area contributed by atoms with Gasteiger partial charge in [0.1, 0.15) is 0 Å². The SMILES string of the molecule is O=C(CCN1C(=O)CCC1=O)NCCc1cnc[nH]1. The first-order chi connectivity index (χ1) is 9.16. The molecule has 0 atom stereocenters. The van der Waals surface area contributed by atoms with Crippen molar-refractivity contribution < 1.29 is 14.4 Å². The minimum Gasteiger partial charge on any atom is -0.356 e. The number of H-pyrrole nitrogens is 1. The highest BCUT2D eigenvalue weighted by Crippen LogP contribution is 2.11. The minimum atomic E-state index is -0.185. The summed E-state index contributed by atoms with van der Waals surface area (Å²) in [7, 11) is 0. The van der Waals surface area contributed by atoms with Crippen molar-refractivity contribution in [3.63, 3.8) is 0 Å². The molecule has 2 heterocycles. The number of amides is 3. The number of rotatable bonds is 6. The molecule has 19 heavy (non-hydrogen) atoms. The van der Waals surface area contributed by atoms with Crippen LogP contribution >= 0.6 is 0 Å². The van der Waals surface area contributed by atoms with Crippen LogP contribution in [0.1, 0.15) is 25.0 Å². The summed E-state index contributed by atoms with van der Waals surface area (Å²) in [5, 5.41) is 2.74. The standard InChI is InChI=1S/C12H16N4O3/c17-10(14-5-3-9-7-13-8-15-9)4-6-16-11(18)1-2-12(16)19/h7-8H,1-6H2,(H,13,15)(H,14,17). The molecular weight excluding hydrogens is 248 g/mol. The topological polar surface area (TPSA) is 95.2 Å². The Bertz CT molecular complexity index is 453. The highest BCUT2D eigenvalue weighted by molar-refractivity contribution is 6.02. The van der Waals surface area contributed by atoms with Crippen molar-refractivity contribution in [2.24, 2.45) is 0 Å². The smallest absolute Gasteiger partial charge is 0.229 e. The summed E-state index contributed by atoms with van der Waals surface area (Å²) < 4.78 is 0. The molecule has 2 rings (SSSR count). The molecule has 0 aliphatic carbocycles. The average molecular weight is 264 g/mol. The normalized spacial score (nSPS) is 15.1. The molecular formula is C12H16N4O3. The van der Waals surface area contributed by atoms with Crippen LogP contribution in [-0.2, 0) is 20.8 Å². The summed E-state index contributed by atoms with van der Waals surface area (Å²) in [5.41, 5.74) is 0.949. The number of imide groups is 1. The van der Waals surface area contributed by atoms with E-state index >= 15 is 0 Å². The van der Waals surface area contributed by atoms with Gasteiger partial charge in [-0.3, -0.25) is 19.3 Å². The third-order valence-corrected chi connectivity index (χ3v) is 2.99. The van der Waals surface area contributed by atoms with E-state index in [9.17, 15) is 14.4 Å². The lowest BCUT2D eigenvalue weighted by molar-refractivity contribution is -0.138. The minimum absolute atomic E-state index is 0.153. The number of nitrogens with one attached hydrogen (secondary N) is 2. The molecule has 1 fully saturated rings. The van der Waals surface area contributed by atoms with E-state index in [0.717, 1.165) is 10.6 Å². The summed E-state index contributed by atoms with van der Waals surface area (Å²) in [6.07, 6.45) is 4.64. The first kappa shape index (κ1) is 13.3. The molecule has 3 amide bonds. The zero-order valence-corrected chi connectivity index (χ0v) is 10.5. The fourth-order valence-corrected chi connectivity index (χ4v) is 1.93. The van der Waals surface area contributed by atoms with Crippen LogP contribution in [0.25, 0.3) is 0 Å². The van der Waals surface area contributed by atoms with E-state index in [1.54, 1.807) is 12.5 Å². The van der Waals surface area contributed by atoms with Gasteiger partial charge in [-0.05, 0) is 0 Å². The Kier molecular flexibility index (Phi) is 4.27. The third-order valence-electron chi connectivity index (χ3n) is 2.99. The van der Waals surface area contributed by atoms with Crippen molar-refractivity contribution in [1.82, 2.24) is 20.2 Å². The monoisotopic (exact) mass is 264 g/mol. The number of carbonyl (C=O) groups excluding carboxylic acids is 3. The second-order valence-corrected chi connectivity index (χ2v) is 4.37. The Morgan fingerprint density at radius 1 is 1.37 bits per heavy atom. The maximum atomic E-state index is 11.6. The van der Waals surface area contributed by atoms with Crippen molar-refractivity contribution in [3.05, 3.63) is 18.2 Å². The molecule has 102 valence electrons. The Labute approximate surface area is 110 Å². The summed E-state index contributed by atoms with van der Waals surface area (Å²) in [5.74, 6) is -0.530. The molecule has 0 radical (unpaired) electrons. The molecule has 1 saturated heterocycles. The van der Waals surface area contributed by atoms with Crippen LogP contribution in [0.4, 0.5) is 0 Å². The molecule has 1 aromatic heterocycles. The van der Waals surface area contributed by atoms with Crippen LogP contribution in [0, 0.1) is 0 Å². The molecule has 1 aliphatic rings. The van der Waals surface area contributed by atoms with Crippen molar-refractivity contribution >= 4 is 17.7 Å². The van der Waals surface area contributed by atoms with Crippen molar-refractivity contribution in [3.8, 4) is 0 Å². The number of nitrogens with zero attached hydrogens (tertiary/aromatic N) is 2. The first-order valence-corrected chi connectivity index (χ1v) is 6.24. The zero-order chi connectivity index (χ0) is 13.7. The van der Waals surface area contributed by atoms with Crippen LogP contribution in [0.5, 0.6) is 0 Å². The predicted octanol–water partition coefficient (Wildman–Crippen LogP) is -0.392. The Morgan fingerprint density at radius 2 is 2.11 bits per heavy atom. The van der Waals surface area contributed by atoms with E-state index < -0.39 is 0 Å². The third kappa shape index (κ3) is 3.64. The molecule has 0 spiro atoms. The van der Waals surface area contributed by atoms with Crippen molar-refractivity contribution in [1.29, 1.82) is 0 Å². The molecule has 0 unspecified atom stereocenters. The summed E-state index contributed by atoms with van der Waals surface area (Å²) >= 11 is 0. The molecule has 1 aliphatic heterocycles. The fraction of sp³-hybridized carbons (Fsp3) is 0.500. The van der Waals surface area contributed by atoms with Crippen LogP contribution in [0.15, 0.2) is 12.5 Å². The Balaban J connectivity index is 1.64. The molecule has 2 N–H and O–H groups in total. The van der Waals surface area contributed by atoms with Gasteiger partial charge in [0.05, 0.1) is 6.33 Å². The van der Waals surface area contributed by atoms with E-state index in [0.29, 0.717) is 13.0 Å². The zero-order valence-electron chi connectivity index (χ0n) is 10.5. The number of hydrogen-bond donors (Lipinski definition) is 2. The first-order valence-electron chi connectivity index (χ1n) is 6.24. The van der Waals surface area contributed by atoms with E-state index in [1.165, 1.54) is 0 Å². The lowest BCUT2D eigenvalue weighted by atomic mass is 10.3. The van der Waals surface area contributed by atoms with E-state index in [4.69, 9.17) is 0 Å². The Hall–Kier alpha value is -2.18. The number of imidazole rings is 1. The van der Waals surface area contributed by atoms with Crippen molar-refractivity contribution in [2.75, 3.05) is 13.1 Å². The predicted molar refractivity (Wildman–Crippen MR) is 65.9 cm³/mol. The van der Waals surface area contributed by atoms with Crippen LogP contribution in [0.3, 0.4) is 0 Å². The quantitative estimate of drug-likeness (QED) is 0.684. The van der Waals surface area contributed by atoms with Crippen LogP contribution < -0.4 is 5.32 Å². The highest BCUT2D eigenvalue weighted by atomic mass is 16.2. The number of hydrogen-bond acceptors (Lipinski definition) is 4. The maximum Gasteiger partial charge on any atom is 0.229 e. The molecule has 0 saturated carbocycles. The molecule has 0 bridgehead atoms. The molecule has 7 nitrogen and oxygen atoms in total. The number of carbonyl (C=O) groups is 3. The lowest BCUT2D eigenvalue weighted by Crippen LogP contribution is -2.34. The second-order valence-electron chi connectivity index (χ2n) is 4.37. The highest BCUT2D eigenvalue weighted by Gasteiger charge is 2.28. The van der Waals surface area contributed by atoms with Gasteiger partial charge in [0.25, 0.3) is 0 Å². The second kappa shape index (κ2) is 6.12. The summed E-state index contributed by atoms with van der Waals surface area (Å²) in [6.45, 7) is 0.677. The molecule has 1 aromatic rings. The van der Waals surface area contributed by atoms with Gasteiger partial charge in [-0.25, -0.2) is 4.98 Å². The Morgan fingerprint density at radius 3 is 2.74 bits per heavy atom. The van der Waals surface area contributed by atoms with Gasteiger partial charge in [0.2, 0.25) is 17.7 Å². The van der Waals surface area contributed by atoms with Crippen LogP contribution in [0.2, 0.25) is 0 Å². The van der Waals surface area contributed by atoms with E-state index in [1.807, 2.05) is 0 Å². The van der Waals surface area contributed by atoms with Crippen molar-refractivity contribution in [2.45, 2.75) is 25.7 Å². The number of aromatic nitrogens is 2. The fourth-order valence-electron chi connectivity index (χ4n) is 1.93. The largest absolute Gasteiger partial charge is 0.356 e. The maximum absolute atomic E-state index is 11.6. The summed E-state index contributed by atoms with van der Waals surface area (Å²) in [6, 6.07) is 0. The van der Waals surface area contributed by atoms with Crippen LogP contribution in [-0.4, -0.2) is 45.7 Å². The van der Waals surface area contributed by atoms with Gasteiger partial charge in [-0.1, -0.05) is 0 Å².